The normalized spacial score (nSPS) is 30.5. The van der Waals surface area contributed by atoms with Gasteiger partial charge in [0, 0.05) is 11.6 Å². The third-order valence-electron chi connectivity index (χ3n) is 3.27. The van der Waals surface area contributed by atoms with Crippen LogP contribution in [-0.2, 0) is 0 Å². The minimum Gasteiger partial charge on any atom is -0.309 e. The molecule has 2 rings (SSSR count). The van der Waals surface area contributed by atoms with Gasteiger partial charge in [0.25, 0.3) is 0 Å². The second kappa shape index (κ2) is 3.00. The number of nitrogens with zero attached hydrogens (tertiary/aromatic N) is 1. The van der Waals surface area contributed by atoms with Crippen LogP contribution < -0.4 is 5.32 Å². The first-order valence-electron chi connectivity index (χ1n) is 5.14. The lowest BCUT2D eigenvalue weighted by atomic mass is 10.0. The Bertz CT molecular complexity index is 155. The van der Waals surface area contributed by atoms with Crippen molar-refractivity contribution in [3.8, 4) is 0 Å². The van der Waals surface area contributed by atoms with E-state index >= 15 is 0 Å². The first kappa shape index (κ1) is 8.52. The van der Waals surface area contributed by atoms with Crippen LogP contribution in [-0.4, -0.2) is 36.6 Å². The summed E-state index contributed by atoms with van der Waals surface area (Å²) >= 11 is 0. The van der Waals surface area contributed by atoms with E-state index in [2.05, 4.69) is 24.2 Å². The highest BCUT2D eigenvalue weighted by atomic mass is 15.1. The van der Waals surface area contributed by atoms with Gasteiger partial charge in [-0.25, -0.2) is 0 Å². The Kier molecular flexibility index (Phi) is 2.13. The van der Waals surface area contributed by atoms with Crippen LogP contribution in [0.5, 0.6) is 0 Å². The third kappa shape index (κ3) is 1.99. The minimum atomic E-state index is 0.528. The van der Waals surface area contributed by atoms with Crippen LogP contribution >= 0.6 is 0 Å². The molecule has 0 amide bonds. The van der Waals surface area contributed by atoms with Gasteiger partial charge in [-0.3, -0.25) is 0 Å². The topological polar surface area (TPSA) is 15.3 Å². The van der Waals surface area contributed by atoms with Crippen molar-refractivity contribution in [2.45, 2.75) is 44.2 Å². The zero-order valence-corrected chi connectivity index (χ0v) is 8.27. The molecule has 2 aliphatic rings. The summed E-state index contributed by atoms with van der Waals surface area (Å²) in [5.41, 5.74) is 0.528. The summed E-state index contributed by atoms with van der Waals surface area (Å²) in [6.45, 7) is 4.90. The van der Waals surface area contributed by atoms with E-state index in [0.29, 0.717) is 5.54 Å². The molecule has 1 saturated heterocycles. The molecular weight excluding hydrogens is 148 g/mol. The number of hydrogen-bond donors (Lipinski definition) is 1. The zero-order valence-electron chi connectivity index (χ0n) is 8.27. The van der Waals surface area contributed by atoms with Gasteiger partial charge in [0.1, 0.15) is 0 Å². The molecule has 0 aromatic carbocycles. The number of hydrogen-bond acceptors (Lipinski definition) is 2. The SMILES string of the molecule is CN1CCC(NC2(C)CC2)CC1. The lowest BCUT2D eigenvalue weighted by Gasteiger charge is -2.31. The molecule has 0 unspecified atom stereocenters. The van der Waals surface area contributed by atoms with Crippen LogP contribution in [0.25, 0.3) is 0 Å². The predicted molar refractivity (Wildman–Crippen MR) is 51.3 cm³/mol. The molecule has 2 heteroatoms. The molecule has 0 aromatic heterocycles. The summed E-state index contributed by atoms with van der Waals surface area (Å²) < 4.78 is 0. The van der Waals surface area contributed by atoms with Crippen LogP contribution in [0.1, 0.15) is 32.6 Å². The zero-order chi connectivity index (χ0) is 8.60. The summed E-state index contributed by atoms with van der Waals surface area (Å²) in [7, 11) is 2.22. The van der Waals surface area contributed by atoms with Crippen molar-refractivity contribution in [1.29, 1.82) is 0 Å². The van der Waals surface area contributed by atoms with Crippen molar-refractivity contribution in [1.82, 2.24) is 10.2 Å². The Morgan fingerprint density at radius 3 is 2.33 bits per heavy atom. The molecule has 12 heavy (non-hydrogen) atoms. The van der Waals surface area contributed by atoms with Crippen molar-refractivity contribution in [3.05, 3.63) is 0 Å². The van der Waals surface area contributed by atoms with Crippen molar-refractivity contribution >= 4 is 0 Å². The van der Waals surface area contributed by atoms with Crippen LogP contribution in [0.15, 0.2) is 0 Å². The highest BCUT2D eigenvalue weighted by Crippen LogP contribution is 2.35. The Labute approximate surface area is 75.3 Å². The number of piperidine rings is 1. The van der Waals surface area contributed by atoms with E-state index in [-0.39, 0.29) is 0 Å². The molecule has 0 radical (unpaired) electrons. The number of rotatable bonds is 2. The Hall–Kier alpha value is -0.0800. The largest absolute Gasteiger partial charge is 0.309 e. The van der Waals surface area contributed by atoms with Gasteiger partial charge >= 0.3 is 0 Å². The van der Waals surface area contributed by atoms with Crippen LogP contribution in [0.3, 0.4) is 0 Å². The molecule has 2 nitrogen and oxygen atoms in total. The molecule has 0 spiro atoms. The maximum Gasteiger partial charge on any atom is 0.0157 e. The maximum absolute atomic E-state index is 3.76. The van der Waals surface area contributed by atoms with Crippen LogP contribution in [0, 0.1) is 0 Å². The molecule has 1 heterocycles. The number of likely N-dealkylation sites (tertiary alicyclic amines) is 1. The summed E-state index contributed by atoms with van der Waals surface area (Å²) in [5.74, 6) is 0. The van der Waals surface area contributed by atoms with Gasteiger partial charge in [0.2, 0.25) is 0 Å². The van der Waals surface area contributed by atoms with E-state index in [1.807, 2.05) is 0 Å². The van der Waals surface area contributed by atoms with Crippen molar-refractivity contribution in [2.75, 3.05) is 20.1 Å². The minimum absolute atomic E-state index is 0.528. The molecule has 1 aliphatic heterocycles. The third-order valence-corrected chi connectivity index (χ3v) is 3.27. The van der Waals surface area contributed by atoms with E-state index in [1.54, 1.807) is 0 Å². The first-order chi connectivity index (χ1) is 5.68. The maximum atomic E-state index is 3.76. The summed E-state index contributed by atoms with van der Waals surface area (Å²) in [5, 5.41) is 3.76. The smallest absolute Gasteiger partial charge is 0.0157 e. The van der Waals surface area contributed by atoms with Gasteiger partial charge in [0.05, 0.1) is 0 Å². The van der Waals surface area contributed by atoms with E-state index in [4.69, 9.17) is 0 Å². The quantitative estimate of drug-likeness (QED) is 0.667. The van der Waals surface area contributed by atoms with Gasteiger partial charge in [-0.2, -0.15) is 0 Å². The molecule has 1 aliphatic carbocycles. The summed E-state index contributed by atoms with van der Waals surface area (Å²) in [6.07, 6.45) is 5.46. The molecule has 70 valence electrons. The summed E-state index contributed by atoms with van der Waals surface area (Å²) in [6, 6.07) is 0.800. The molecule has 0 bridgehead atoms. The monoisotopic (exact) mass is 168 g/mol. The molecule has 0 atom stereocenters. The van der Waals surface area contributed by atoms with Gasteiger partial charge in [-0.15, -0.1) is 0 Å². The molecule has 0 aromatic rings. The van der Waals surface area contributed by atoms with Crippen LogP contribution in [0.2, 0.25) is 0 Å². The average Bonchev–Trinajstić information content (AvgIpc) is 2.74. The van der Waals surface area contributed by atoms with Gasteiger partial charge in [0.15, 0.2) is 0 Å². The van der Waals surface area contributed by atoms with Crippen molar-refractivity contribution in [3.63, 3.8) is 0 Å². The van der Waals surface area contributed by atoms with Gasteiger partial charge in [-0.05, 0) is 52.7 Å². The molecule has 1 N–H and O–H groups in total. The highest BCUT2D eigenvalue weighted by molar-refractivity contribution is 4.99. The second-order valence-electron chi connectivity index (χ2n) is 4.78. The molecule has 1 saturated carbocycles. The van der Waals surface area contributed by atoms with Gasteiger partial charge in [-0.1, -0.05) is 0 Å². The lowest BCUT2D eigenvalue weighted by molar-refractivity contribution is 0.223. The summed E-state index contributed by atoms with van der Waals surface area (Å²) in [4.78, 5) is 2.42. The lowest BCUT2D eigenvalue weighted by Crippen LogP contribution is -2.45. The standard InChI is InChI=1S/C10H20N2/c1-10(5-6-10)11-9-3-7-12(2)8-4-9/h9,11H,3-8H2,1-2H3. The van der Waals surface area contributed by atoms with Crippen molar-refractivity contribution in [2.24, 2.45) is 0 Å². The highest BCUT2D eigenvalue weighted by Gasteiger charge is 2.38. The Morgan fingerprint density at radius 1 is 1.25 bits per heavy atom. The van der Waals surface area contributed by atoms with Crippen LogP contribution in [0.4, 0.5) is 0 Å². The second-order valence-corrected chi connectivity index (χ2v) is 4.78. The van der Waals surface area contributed by atoms with E-state index in [9.17, 15) is 0 Å². The average molecular weight is 168 g/mol. The van der Waals surface area contributed by atoms with E-state index < -0.39 is 0 Å². The first-order valence-corrected chi connectivity index (χ1v) is 5.14. The number of nitrogens with one attached hydrogen (secondary N) is 1. The van der Waals surface area contributed by atoms with Crippen molar-refractivity contribution < 1.29 is 0 Å². The Morgan fingerprint density at radius 2 is 1.83 bits per heavy atom. The molecular formula is C10H20N2. The van der Waals surface area contributed by atoms with E-state index in [1.165, 1.54) is 38.8 Å². The fraction of sp³-hybridized carbons (Fsp3) is 1.00. The van der Waals surface area contributed by atoms with Gasteiger partial charge < -0.3 is 10.2 Å². The van der Waals surface area contributed by atoms with E-state index in [0.717, 1.165) is 6.04 Å². The Balaban J connectivity index is 1.75. The molecule has 2 fully saturated rings. The fourth-order valence-electron chi connectivity index (χ4n) is 1.98. The fourth-order valence-corrected chi connectivity index (χ4v) is 1.98. The predicted octanol–water partition coefficient (Wildman–Crippen LogP) is 1.22.